The highest BCUT2D eigenvalue weighted by molar-refractivity contribution is 5.78. The van der Waals surface area contributed by atoms with Crippen molar-refractivity contribution in [3.05, 3.63) is 77.0 Å². The first kappa shape index (κ1) is 20.9. The molecule has 2 aromatic carbocycles. The molecule has 30 heavy (non-hydrogen) atoms. The van der Waals surface area contributed by atoms with Gasteiger partial charge >= 0.3 is 6.18 Å². The standard InChI is InChI=1S/C25H26F3NO/c1-17-9-12-21-19(14-17)7-5-13-23(21,2)16-24(30,25(26,27)28)15-20-11-10-18-6-3-4-8-22(18)29-20/h3-4,6,8-12,14,30H,5,7,13,15-16H2,1-2H3. The predicted molar refractivity (Wildman–Crippen MR) is 113 cm³/mol. The van der Waals surface area contributed by atoms with E-state index < -0.39 is 23.6 Å². The number of para-hydroxylation sites is 1. The minimum atomic E-state index is -4.76. The van der Waals surface area contributed by atoms with Crippen molar-refractivity contribution in [1.29, 1.82) is 0 Å². The van der Waals surface area contributed by atoms with E-state index in [4.69, 9.17) is 0 Å². The maximum absolute atomic E-state index is 14.2. The van der Waals surface area contributed by atoms with E-state index in [0.29, 0.717) is 11.9 Å². The average Bonchev–Trinajstić information content (AvgIpc) is 2.66. The molecule has 2 nitrogen and oxygen atoms in total. The van der Waals surface area contributed by atoms with Crippen LogP contribution in [0.5, 0.6) is 0 Å². The number of hydrogen-bond acceptors (Lipinski definition) is 2. The van der Waals surface area contributed by atoms with E-state index in [-0.39, 0.29) is 12.1 Å². The maximum atomic E-state index is 14.2. The third-order valence-corrected chi connectivity index (χ3v) is 6.43. The number of fused-ring (bicyclic) bond motifs is 2. The highest BCUT2D eigenvalue weighted by Crippen LogP contribution is 2.47. The molecule has 158 valence electrons. The fraction of sp³-hybridized carbons (Fsp3) is 0.400. The lowest BCUT2D eigenvalue weighted by Crippen LogP contribution is -2.52. The van der Waals surface area contributed by atoms with Crippen molar-refractivity contribution >= 4 is 10.9 Å². The number of halogens is 3. The summed E-state index contributed by atoms with van der Waals surface area (Å²) in [5, 5.41) is 11.9. The molecule has 0 fully saturated rings. The highest BCUT2D eigenvalue weighted by Gasteiger charge is 2.57. The first-order valence-electron chi connectivity index (χ1n) is 10.3. The summed E-state index contributed by atoms with van der Waals surface area (Å²) in [7, 11) is 0. The van der Waals surface area contributed by atoms with Crippen LogP contribution in [0, 0.1) is 6.92 Å². The molecule has 5 heteroatoms. The molecule has 0 radical (unpaired) electrons. The summed E-state index contributed by atoms with van der Waals surface area (Å²) >= 11 is 0. The molecule has 3 aromatic rings. The summed E-state index contributed by atoms with van der Waals surface area (Å²) < 4.78 is 42.6. The molecule has 0 aliphatic heterocycles. The van der Waals surface area contributed by atoms with Crippen LogP contribution in [0.3, 0.4) is 0 Å². The number of rotatable bonds is 4. The molecule has 0 saturated heterocycles. The van der Waals surface area contributed by atoms with Crippen LogP contribution in [0.1, 0.15) is 48.6 Å². The zero-order valence-electron chi connectivity index (χ0n) is 17.3. The molecule has 0 saturated carbocycles. The van der Waals surface area contributed by atoms with E-state index >= 15 is 0 Å². The fourth-order valence-corrected chi connectivity index (χ4v) is 4.92. The number of alkyl halides is 3. The number of aryl methyl sites for hydroxylation is 2. The lowest BCUT2D eigenvalue weighted by atomic mass is 9.65. The van der Waals surface area contributed by atoms with Gasteiger partial charge in [-0.3, -0.25) is 4.98 Å². The second-order valence-corrected chi connectivity index (χ2v) is 8.95. The Morgan fingerprint density at radius 3 is 2.60 bits per heavy atom. The third kappa shape index (κ3) is 3.83. The maximum Gasteiger partial charge on any atom is 0.417 e. The van der Waals surface area contributed by atoms with E-state index in [1.807, 2.05) is 38.1 Å². The smallest absolute Gasteiger partial charge is 0.380 e. The van der Waals surface area contributed by atoms with Gasteiger partial charge in [-0.05, 0) is 61.3 Å². The van der Waals surface area contributed by atoms with Crippen LogP contribution in [0.4, 0.5) is 13.2 Å². The van der Waals surface area contributed by atoms with Crippen molar-refractivity contribution in [1.82, 2.24) is 4.98 Å². The molecule has 1 aliphatic carbocycles. The molecule has 4 rings (SSSR count). The van der Waals surface area contributed by atoms with Gasteiger partial charge in [-0.25, -0.2) is 0 Å². The molecule has 1 heterocycles. The Morgan fingerprint density at radius 1 is 1.07 bits per heavy atom. The van der Waals surface area contributed by atoms with Crippen LogP contribution in [-0.4, -0.2) is 21.9 Å². The predicted octanol–water partition coefficient (Wildman–Crippen LogP) is 6.06. The van der Waals surface area contributed by atoms with Crippen molar-refractivity contribution < 1.29 is 18.3 Å². The molecular weight excluding hydrogens is 387 g/mol. The molecule has 0 spiro atoms. The van der Waals surface area contributed by atoms with Crippen LogP contribution in [0.25, 0.3) is 10.9 Å². The zero-order chi connectivity index (χ0) is 21.6. The first-order chi connectivity index (χ1) is 14.1. The lowest BCUT2D eigenvalue weighted by molar-refractivity contribution is -0.267. The van der Waals surface area contributed by atoms with Crippen LogP contribution in [0.2, 0.25) is 0 Å². The monoisotopic (exact) mass is 413 g/mol. The molecular formula is C25H26F3NO. The number of aliphatic hydroxyl groups is 1. The Kier molecular flexibility index (Phi) is 5.13. The Balaban J connectivity index is 1.71. The molecule has 0 bridgehead atoms. The van der Waals surface area contributed by atoms with Gasteiger partial charge in [0.25, 0.3) is 0 Å². The molecule has 1 N–H and O–H groups in total. The van der Waals surface area contributed by atoms with Gasteiger partial charge in [-0.2, -0.15) is 13.2 Å². The number of pyridine rings is 1. The topological polar surface area (TPSA) is 33.1 Å². The summed E-state index contributed by atoms with van der Waals surface area (Å²) in [6, 6.07) is 16.6. The van der Waals surface area contributed by atoms with Crippen LogP contribution in [0.15, 0.2) is 54.6 Å². The van der Waals surface area contributed by atoms with Gasteiger partial charge in [-0.1, -0.05) is 55.0 Å². The van der Waals surface area contributed by atoms with Crippen LogP contribution < -0.4 is 0 Å². The van der Waals surface area contributed by atoms with Crippen molar-refractivity contribution in [3.63, 3.8) is 0 Å². The summed E-state index contributed by atoms with van der Waals surface area (Å²) in [5.41, 5.74) is 0.398. The van der Waals surface area contributed by atoms with Crippen molar-refractivity contribution in [3.8, 4) is 0 Å². The van der Waals surface area contributed by atoms with Crippen molar-refractivity contribution in [2.75, 3.05) is 0 Å². The largest absolute Gasteiger partial charge is 0.417 e. The fourth-order valence-electron chi connectivity index (χ4n) is 4.92. The first-order valence-corrected chi connectivity index (χ1v) is 10.3. The van der Waals surface area contributed by atoms with Crippen molar-refractivity contribution in [2.45, 2.75) is 63.1 Å². The number of benzene rings is 2. The summed E-state index contributed by atoms with van der Waals surface area (Å²) in [6.07, 6.45) is -3.40. The van der Waals surface area contributed by atoms with E-state index in [2.05, 4.69) is 11.1 Å². The third-order valence-electron chi connectivity index (χ3n) is 6.43. The van der Waals surface area contributed by atoms with E-state index in [9.17, 15) is 18.3 Å². The second-order valence-electron chi connectivity index (χ2n) is 8.95. The highest BCUT2D eigenvalue weighted by atomic mass is 19.4. The van der Waals surface area contributed by atoms with Gasteiger partial charge in [0.15, 0.2) is 5.60 Å². The van der Waals surface area contributed by atoms with E-state index in [1.54, 1.807) is 24.3 Å². The lowest BCUT2D eigenvalue weighted by Gasteiger charge is -2.43. The van der Waals surface area contributed by atoms with Crippen molar-refractivity contribution in [2.24, 2.45) is 0 Å². The van der Waals surface area contributed by atoms with Gasteiger partial charge in [0.05, 0.1) is 5.52 Å². The normalized spacial score (nSPS) is 21.3. The minimum Gasteiger partial charge on any atom is -0.380 e. The molecule has 2 unspecified atom stereocenters. The minimum absolute atomic E-state index is 0.247. The average molecular weight is 413 g/mol. The number of aromatic nitrogens is 1. The van der Waals surface area contributed by atoms with Gasteiger partial charge in [0, 0.05) is 17.5 Å². The van der Waals surface area contributed by atoms with Crippen LogP contribution in [-0.2, 0) is 18.3 Å². The Hall–Kier alpha value is -2.40. The Bertz CT molecular complexity index is 1080. The summed E-state index contributed by atoms with van der Waals surface area (Å²) in [6.45, 7) is 3.84. The SMILES string of the molecule is Cc1ccc2c(c1)CCCC2(C)CC(O)(Cc1ccc2ccccc2n1)C(F)(F)F. The molecule has 1 aromatic heterocycles. The number of nitrogens with zero attached hydrogens (tertiary/aromatic N) is 1. The van der Waals surface area contributed by atoms with Gasteiger partial charge in [0.2, 0.25) is 0 Å². The Labute approximate surface area is 174 Å². The number of hydrogen-bond donors (Lipinski definition) is 1. The molecule has 2 atom stereocenters. The van der Waals surface area contributed by atoms with E-state index in [1.165, 1.54) is 0 Å². The Morgan fingerprint density at radius 2 is 1.83 bits per heavy atom. The van der Waals surface area contributed by atoms with Gasteiger partial charge in [0.1, 0.15) is 0 Å². The van der Waals surface area contributed by atoms with Crippen LogP contribution >= 0.6 is 0 Å². The van der Waals surface area contributed by atoms with Gasteiger partial charge < -0.3 is 5.11 Å². The summed E-state index contributed by atoms with van der Waals surface area (Å²) in [4.78, 5) is 4.39. The quantitative estimate of drug-likeness (QED) is 0.564. The van der Waals surface area contributed by atoms with Gasteiger partial charge in [-0.15, -0.1) is 0 Å². The zero-order valence-corrected chi connectivity index (χ0v) is 17.3. The summed E-state index contributed by atoms with van der Waals surface area (Å²) in [5.74, 6) is 0. The second kappa shape index (κ2) is 7.38. The molecule has 0 amide bonds. The molecule has 1 aliphatic rings. The van der Waals surface area contributed by atoms with E-state index in [0.717, 1.165) is 34.9 Å².